The molecule has 0 aliphatic heterocycles. The number of urea groups is 1. The van der Waals surface area contributed by atoms with Gasteiger partial charge in [-0.2, -0.15) is 10.4 Å². The van der Waals surface area contributed by atoms with Gasteiger partial charge < -0.3 is 15.4 Å². The second-order valence-corrected chi connectivity index (χ2v) is 8.78. The van der Waals surface area contributed by atoms with E-state index in [1.807, 2.05) is 23.7 Å². The lowest BCUT2D eigenvalue weighted by molar-refractivity contribution is 0.0624. The summed E-state index contributed by atoms with van der Waals surface area (Å²) in [4.78, 5) is 20.8. The number of hydrazone groups is 1. The number of carbonyl (C=O) groups is 1. The molecule has 172 valence electrons. The smallest absolute Gasteiger partial charge is 0.335 e. The second-order valence-electron chi connectivity index (χ2n) is 8.37. The van der Waals surface area contributed by atoms with E-state index in [2.05, 4.69) is 16.2 Å². The number of nitrogens with zero attached hydrogens (tertiary/aromatic N) is 6. The van der Waals surface area contributed by atoms with Crippen molar-refractivity contribution < 1.29 is 9.90 Å². The first-order valence-electron chi connectivity index (χ1n) is 10.4. The molecule has 2 amide bonds. The highest BCUT2D eigenvalue weighted by Gasteiger charge is 2.17. The van der Waals surface area contributed by atoms with Gasteiger partial charge in [0.1, 0.15) is 0 Å². The summed E-state index contributed by atoms with van der Waals surface area (Å²) in [6.45, 7) is 3.46. The van der Waals surface area contributed by atoms with Crippen LogP contribution in [-0.4, -0.2) is 49.0 Å². The highest BCUT2D eigenvalue weighted by Crippen LogP contribution is 2.29. The predicted octanol–water partition coefficient (Wildman–Crippen LogP) is 3.62. The van der Waals surface area contributed by atoms with Crippen molar-refractivity contribution in [2.24, 2.45) is 17.9 Å². The Morgan fingerprint density at radius 3 is 2.79 bits per heavy atom. The summed E-state index contributed by atoms with van der Waals surface area (Å²) < 4.78 is 1.84. The molecule has 9 nitrogen and oxygen atoms in total. The van der Waals surface area contributed by atoms with Crippen molar-refractivity contribution in [2.75, 3.05) is 6.54 Å². The molecule has 0 saturated heterocycles. The van der Waals surface area contributed by atoms with Crippen LogP contribution in [0, 0.1) is 11.3 Å². The number of imidazole rings is 1. The molecule has 3 aromatic rings. The first-order chi connectivity index (χ1) is 15.6. The molecule has 3 rings (SSSR count). The van der Waals surface area contributed by atoms with Crippen molar-refractivity contribution in [1.82, 2.24) is 19.5 Å². The van der Waals surface area contributed by atoms with Crippen LogP contribution in [0.25, 0.3) is 22.3 Å². The maximum absolute atomic E-state index is 11.9. The van der Waals surface area contributed by atoms with Crippen molar-refractivity contribution >= 4 is 34.7 Å². The highest BCUT2D eigenvalue weighted by molar-refractivity contribution is 6.32. The van der Waals surface area contributed by atoms with Gasteiger partial charge in [-0.1, -0.05) is 11.6 Å². The van der Waals surface area contributed by atoms with E-state index in [-0.39, 0.29) is 6.54 Å². The number of rotatable bonds is 8. The third-order valence-corrected chi connectivity index (χ3v) is 5.47. The van der Waals surface area contributed by atoms with E-state index < -0.39 is 11.6 Å². The van der Waals surface area contributed by atoms with Crippen LogP contribution in [0.4, 0.5) is 4.79 Å². The number of hydrogen-bond donors (Lipinski definition) is 2. The number of nitrogens with two attached hydrogens (primary N) is 1. The molecule has 0 aliphatic rings. The van der Waals surface area contributed by atoms with Gasteiger partial charge in [0.05, 0.1) is 47.3 Å². The topological polar surface area (TPSA) is 133 Å². The van der Waals surface area contributed by atoms with Crippen molar-refractivity contribution in [2.45, 2.75) is 38.7 Å². The SMILES string of the molecule is Cn1cncc1-c1cc(/C=N/N(CCC(C)(C)O)C(N)=O)c2cc(CCC#N)c(Cl)cc2n1. The number of amides is 2. The molecule has 0 radical (unpaired) electrons. The Labute approximate surface area is 197 Å². The van der Waals surface area contributed by atoms with E-state index in [1.54, 1.807) is 38.7 Å². The summed E-state index contributed by atoms with van der Waals surface area (Å²) in [6, 6.07) is 6.91. The molecule has 2 heterocycles. The number of aryl methyl sites for hydroxylation is 2. The number of hydrogen-bond acceptors (Lipinski definition) is 6. The largest absolute Gasteiger partial charge is 0.390 e. The van der Waals surface area contributed by atoms with E-state index in [9.17, 15) is 9.90 Å². The Morgan fingerprint density at radius 1 is 1.42 bits per heavy atom. The zero-order valence-corrected chi connectivity index (χ0v) is 19.5. The van der Waals surface area contributed by atoms with Gasteiger partial charge in [0, 0.05) is 36.0 Å². The molecule has 10 heteroatoms. The van der Waals surface area contributed by atoms with E-state index in [4.69, 9.17) is 27.6 Å². The fourth-order valence-corrected chi connectivity index (χ4v) is 3.53. The molecule has 0 unspecified atom stereocenters. The molecule has 2 aromatic heterocycles. The average Bonchev–Trinajstić information content (AvgIpc) is 3.16. The number of carbonyl (C=O) groups excluding carboxylic acids is 1. The number of benzene rings is 1. The highest BCUT2D eigenvalue weighted by atomic mass is 35.5. The molecule has 0 atom stereocenters. The molecule has 0 aliphatic carbocycles. The van der Waals surface area contributed by atoms with Crippen molar-refractivity contribution in [3.8, 4) is 17.5 Å². The Balaban J connectivity index is 2.11. The number of pyridine rings is 1. The molecule has 1 aromatic carbocycles. The quantitative estimate of drug-likeness (QED) is 0.385. The van der Waals surface area contributed by atoms with E-state index in [1.165, 1.54) is 0 Å². The Hall–Kier alpha value is -3.48. The van der Waals surface area contributed by atoms with Gasteiger partial charge in [-0.3, -0.25) is 0 Å². The van der Waals surface area contributed by atoms with Crippen LogP contribution in [-0.2, 0) is 13.5 Å². The maximum Gasteiger partial charge on any atom is 0.335 e. The zero-order chi connectivity index (χ0) is 24.2. The fourth-order valence-electron chi connectivity index (χ4n) is 3.28. The number of aliphatic hydroxyl groups is 1. The van der Waals surface area contributed by atoms with E-state index in [0.29, 0.717) is 41.1 Å². The normalized spacial score (nSPS) is 11.8. The predicted molar refractivity (Wildman–Crippen MR) is 128 cm³/mol. The monoisotopic (exact) mass is 467 g/mol. The lowest BCUT2D eigenvalue weighted by atomic mass is 10.0. The standard InChI is InChI=1S/C23H26ClN7O2/c1-23(2,33)6-8-31(22(26)32)28-12-16-10-20(21-13-27-14-30(21)3)29-19-11-18(24)15(5-4-7-25)9-17(16)19/h9-14,33H,4-6,8H2,1-3H3,(H2,26,32)/b28-12+. The van der Waals surface area contributed by atoms with Gasteiger partial charge in [0.15, 0.2) is 0 Å². The van der Waals surface area contributed by atoms with Crippen molar-refractivity contribution in [3.63, 3.8) is 0 Å². The fraction of sp³-hybridized carbons (Fsp3) is 0.348. The number of halogens is 1. The molecular weight excluding hydrogens is 442 g/mol. The first-order valence-corrected chi connectivity index (χ1v) is 10.8. The molecule has 3 N–H and O–H groups in total. The van der Waals surface area contributed by atoms with Crippen LogP contribution < -0.4 is 5.73 Å². The Kier molecular flexibility index (Phi) is 7.31. The van der Waals surface area contributed by atoms with Crippen LogP contribution in [0.2, 0.25) is 5.02 Å². The third-order valence-electron chi connectivity index (χ3n) is 5.12. The molecule has 0 fully saturated rings. The van der Waals surface area contributed by atoms with E-state index in [0.717, 1.165) is 21.7 Å². The zero-order valence-electron chi connectivity index (χ0n) is 18.8. The van der Waals surface area contributed by atoms with Crippen LogP contribution in [0.1, 0.15) is 37.8 Å². The van der Waals surface area contributed by atoms with Gasteiger partial charge in [0.25, 0.3) is 0 Å². The Morgan fingerprint density at radius 2 is 2.18 bits per heavy atom. The second kappa shape index (κ2) is 9.98. The Bertz CT molecular complexity index is 1240. The van der Waals surface area contributed by atoms with Gasteiger partial charge >= 0.3 is 6.03 Å². The summed E-state index contributed by atoms with van der Waals surface area (Å²) >= 11 is 6.46. The van der Waals surface area contributed by atoms with Gasteiger partial charge in [-0.25, -0.2) is 19.8 Å². The minimum atomic E-state index is -0.967. The van der Waals surface area contributed by atoms with Crippen LogP contribution in [0.3, 0.4) is 0 Å². The first kappa shape index (κ1) is 24.2. The van der Waals surface area contributed by atoms with Gasteiger partial charge in [0.2, 0.25) is 0 Å². The van der Waals surface area contributed by atoms with Crippen LogP contribution >= 0.6 is 11.6 Å². The van der Waals surface area contributed by atoms with Gasteiger partial charge in [-0.05, 0) is 50.5 Å². The minimum Gasteiger partial charge on any atom is -0.390 e. The van der Waals surface area contributed by atoms with E-state index >= 15 is 0 Å². The summed E-state index contributed by atoms with van der Waals surface area (Å²) in [5.41, 5.74) is 8.14. The number of aromatic nitrogens is 3. The minimum absolute atomic E-state index is 0.159. The molecule has 0 spiro atoms. The molecule has 0 saturated carbocycles. The summed E-state index contributed by atoms with van der Waals surface area (Å²) in [7, 11) is 1.87. The maximum atomic E-state index is 11.9. The average molecular weight is 468 g/mol. The lowest BCUT2D eigenvalue weighted by Gasteiger charge is -2.21. The number of nitriles is 1. The summed E-state index contributed by atoms with van der Waals surface area (Å²) in [5, 5.41) is 25.6. The third kappa shape index (κ3) is 6.06. The van der Waals surface area contributed by atoms with Crippen LogP contribution in [0.15, 0.2) is 35.8 Å². The van der Waals surface area contributed by atoms with Crippen molar-refractivity contribution in [3.05, 3.63) is 46.9 Å². The molecular formula is C23H26ClN7O2. The number of primary amides is 1. The molecule has 0 bridgehead atoms. The summed E-state index contributed by atoms with van der Waals surface area (Å²) in [5.74, 6) is 0. The van der Waals surface area contributed by atoms with Crippen LogP contribution in [0.5, 0.6) is 0 Å². The molecule has 33 heavy (non-hydrogen) atoms. The summed E-state index contributed by atoms with van der Waals surface area (Å²) in [6.07, 6.45) is 6.07. The lowest BCUT2D eigenvalue weighted by Crippen LogP contribution is -2.35. The number of fused-ring (bicyclic) bond motifs is 1. The van der Waals surface area contributed by atoms with Gasteiger partial charge in [-0.15, -0.1) is 0 Å². The van der Waals surface area contributed by atoms with Crippen molar-refractivity contribution in [1.29, 1.82) is 5.26 Å².